The van der Waals surface area contributed by atoms with Crippen LogP contribution in [0.2, 0.25) is 10.0 Å². The molecular formula is C33H45Cl2N3O3. The summed E-state index contributed by atoms with van der Waals surface area (Å²) in [7, 11) is 4.50. The molecule has 0 amide bonds. The lowest BCUT2D eigenvalue weighted by molar-refractivity contribution is -0.107. The van der Waals surface area contributed by atoms with Gasteiger partial charge in [-0.25, -0.2) is 0 Å². The standard InChI is InChI=1S/C18H15Cl2NO.C5H8.C4H8O.C3H6.C2H5N.CH3NO/c1-22-15-5-2-12(3-6-15)18-11-14(8-9-21-18)13-4-7-16(19)17(20)10-13;1-3-5-4-2;1-2-3-4-5;2*1-3-2;1-2-3/h2-7,10-11H,8-9H2,1H3;3-5H,1H2,2H3;4H,2-3H2,1H3;3H,1H2,2H3;1H2,2H3;1H3/b;5-4-;;;;. The SMILES string of the molecule is C=C/C=C\C.C=CC.C=NC.CCCC=O.CN=O.COc1ccc(C2=NCCC(c3ccc(Cl)c(Cl)c3)=C2)cc1. The van der Waals surface area contributed by atoms with Gasteiger partial charge in [-0.15, -0.1) is 6.58 Å². The number of aldehydes is 1. The molecule has 1 heterocycles. The molecule has 0 fully saturated rings. The lowest BCUT2D eigenvalue weighted by Gasteiger charge is -2.14. The van der Waals surface area contributed by atoms with Crippen LogP contribution in [-0.4, -0.2) is 46.5 Å². The minimum Gasteiger partial charge on any atom is -0.497 e. The average molecular weight is 603 g/mol. The lowest BCUT2D eigenvalue weighted by Crippen LogP contribution is -2.06. The normalized spacial score (nSPS) is 10.6. The predicted molar refractivity (Wildman–Crippen MR) is 182 cm³/mol. The summed E-state index contributed by atoms with van der Waals surface area (Å²) >= 11 is 12.1. The van der Waals surface area contributed by atoms with Crippen molar-refractivity contribution in [3.05, 3.63) is 112 Å². The van der Waals surface area contributed by atoms with E-state index in [4.69, 9.17) is 32.8 Å². The molecule has 224 valence electrons. The third-order valence-electron chi connectivity index (χ3n) is 4.39. The second kappa shape index (κ2) is 30.9. The maximum Gasteiger partial charge on any atom is 0.119 e. The number of halogens is 2. The molecule has 0 saturated carbocycles. The number of nitroso groups, excluding NO2 is 1. The molecule has 2 aromatic rings. The third kappa shape index (κ3) is 22.9. The first kappa shape index (κ1) is 41.9. The van der Waals surface area contributed by atoms with Crippen molar-refractivity contribution in [1.82, 2.24) is 0 Å². The van der Waals surface area contributed by atoms with Gasteiger partial charge in [-0.05, 0) is 92.6 Å². The number of methoxy groups -OCH3 is 1. The Hall–Kier alpha value is -3.61. The topological polar surface area (TPSA) is 80.5 Å². The highest BCUT2D eigenvalue weighted by molar-refractivity contribution is 6.42. The van der Waals surface area contributed by atoms with Crippen LogP contribution in [0.3, 0.4) is 0 Å². The molecule has 0 N–H and O–H groups in total. The van der Waals surface area contributed by atoms with Gasteiger partial charge < -0.3 is 14.5 Å². The second-order valence-corrected chi connectivity index (χ2v) is 8.48. The van der Waals surface area contributed by atoms with E-state index in [-0.39, 0.29) is 0 Å². The fourth-order valence-corrected chi connectivity index (χ4v) is 2.99. The fourth-order valence-electron chi connectivity index (χ4n) is 2.69. The number of aliphatic imine (C=N–C) groups is 2. The van der Waals surface area contributed by atoms with Crippen molar-refractivity contribution in [2.75, 3.05) is 27.7 Å². The summed E-state index contributed by atoms with van der Waals surface area (Å²) in [5.41, 5.74) is 4.38. The summed E-state index contributed by atoms with van der Waals surface area (Å²) in [5, 5.41) is 3.40. The van der Waals surface area contributed by atoms with Crippen LogP contribution < -0.4 is 4.74 Å². The zero-order chi connectivity index (χ0) is 31.9. The molecule has 3 rings (SSSR count). The van der Waals surface area contributed by atoms with Crippen LogP contribution in [0.1, 0.15) is 51.2 Å². The number of carbonyl (C=O) groups is 1. The van der Waals surface area contributed by atoms with Gasteiger partial charge in [0.2, 0.25) is 0 Å². The van der Waals surface area contributed by atoms with E-state index >= 15 is 0 Å². The quantitative estimate of drug-likeness (QED) is 0.109. The molecule has 2 aromatic carbocycles. The maximum atomic E-state index is 9.40. The molecule has 0 atom stereocenters. The van der Waals surface area contributed by atoms with Crippen molar-refractivity contribution in [3.8, 4) is 5.75 Å². The summed E-state index contributed by atoms with van der Waals surface area (Å²) in [4.78, 5) is 25.8. The van der Waals surface area contributed by atoms with Crippen molar-refractivity contribution in [2.24, 2.45) is 15.2 Å². The summed E-state index contributed by atoms with van der Waals surface area (Å²) < 4.78 is 5.19. The number of hydrogen-bond donors (Lipinski definition) is 0. The Morgan fingerprint density at radius 1 is 1.02 bits per heavy atom. The number of carbonyl (C=O) groups excluding carboxylic acids is 1. The van der Waals surface area contributed by atoms with Gasteiger partial charge in [0.25, 0.3) is 0 Å². The molecule has 0 radical (unpaired) electrons. The zero-order valence-electron chi connectivity index (χ0n) is 25.3. The van der Waals surface area contributed by atoms with Crippen molar-refractivity contribution in [2.45, 2.75) is 40.0 Å². The van der Waals surface area contributed by atoms with Gasteiger partial charge in [-0.3, -0.25) is 4.99 Å². The third-order valence-corrected chi connectivity index (χ3v) is 5.12. The smallest absolute Gasteiger partial charge is 0.119 e. The molecule has 0 aliphatic carbocycles. The Labute approximate surface area is 257 Å². The second-order valence-electron chi connectivity index (χ2n) is 7.67. The Balaban J connectivity index is -0.000000624. The molecule has 1 aliphatic rings. The van der Waals surface area contributed by atoms with Crippen LogP contribution in [0.5, 0.6) is 5.75 Å². The van der Waals surface area contributed by atoms with Gasteiger partial charge >= 0.3 is 0 Å². The molecule has 8 heteroatoms. The highest BCUT2D eigenvalue weighted by Gasteiger charge is 2.12. The number of allylic oxidation sites excluding steroid dienone is 5. The number of benzene rings is 2. The van der Waals surface area contributed by atoms with Gasteiger partial charge in [0.05, 0.1) is 29.9 Å². The van der Waals surface area contributed by atoms with Gasteiger partial charge in [0, 0.05) is 20.0 Å². The minimum atomic E-state index is 0.575. The van der Waals surface area contributed by atoms with Crippen LogP contribution >= 0.6 is 23.2 Å². The van der Waals surface area contributed by atoms with Crippen LogP contribution in [0.15, 0.2) is 101 Å². The van der Waals surface area contributed by atoms with E-state index < -0.39 is 0 Å². The van der Waals surface area contributed by atoms with Crippen LogP contribution in [0.4, 0.5) is 0 Å². The van der Waals surface area contributed by atoms with Crippen LogP contribution in [0, 0.1) is 4.91 Å². The van der Waals surface area contributed by atoms with Crippen molar-refractivity contribution < 1.29 is 9.53 Å². The average Bonchev–Trinajstić information content (AvgIpc) is 2.97. The molecule has 0 bridgehead atoms. The maximum absolute atomic E-state index is 9.40. The Kier molecular flexibility index (Phi) is 31.6. The van der Waals surface area contributed by atoms with E-state index in [2.05, 4.69) is 41.1 Å². The number of dihydropyridines is 1. The molecule has 0 saturated heterocycles. The van der Waals surface area contributed by atoms with E-state index in [1.807, 2.05) is 75.4 Å². The van der Waals surface area contributed by atoms with Crippen LogP contribution in [-0.2, 0) is 4.79 Å². The van der Waals surface area contributed by atoms with Gasteiger partial charge in [-0.2, -0.15) is 4.91 Å². The van der Waals surface area contributed by atoms with Gasteiger partial charge in [0.15, 0.2) is 0 Å². The molecule has 0 unspecified atom stereocenters. The molecule has 0 aromatic heterocycles. The first-order valence-corrected chi connectivity index (χ1v) is 13.7. The molecule has 6 nitrogen and oxygen atoms in total. The van der Waals surface area contributed by atoms with E-state index in [9.17, 15) is 4.79 Å². The van der Waals surface area contributed by atoms with Crippen molar-refractivity contribution >= 4 is 47.5 Å². The lowest BCUT2D eigenvalue weighted by atomic mass is 9.96. The zero-order valence-corrected chi connectivity index (χ0v) is 26.8. The Morgan fingerprint density at radius 3 is 1.93 bits per heavy atom. The van der Waals surface area contributed by atoms with Crippen molar-refractivity contribution in [1.29, 1.82) is 0 Å². The first-order chi connectivity index (χ1) is 19.7. The van der Waals surface area contributed by atoms with E-state index in [0.29, 0.717) is 16.5 Å². The Morgan fingerprint density at radius 2 is 1.56 bits per heavy atom. The summed E-state index contributed by atoms with van der Waals surface area (Å²) in [5.74, 6) is 0.842. The summed E-state index contributed by atoms with van der Waals surface area (Å²) in [6, 6.07) is 13.7. The molecule has 1 aliphatic heterocycles. The number of hydrogen-bond acceptors (Lipinski definition) is 6. The summed E-state index contributed by atoms with van der Waals surface area (Å²) in [6.07, 6.45) is 13.0. The molecule has 0 spiro atoms. The minimum absolute atomic E-state index is 0.575. The largest absolute Gasteiger partial charge is 0.497 e. The first-order valence-electron chi connectivity index (χ1n) is 12.9. The van der Waals surface area contributed by atoms with E-state index in [1.54, 1.807) is 26.3 Å². The Bertz CT molecular complexity index is 1080. The number of ether oxygens (including phenoxy) is 1. The van der Waals surface area contributed by atoms with Crippen molar-refractivity contribution in [3.63, 3.8) is 0 Å². The van der Waals surface area contributed by atoms with Gasteiger partial charge in [-0.1, -0.05) is 72.3 Å². The molecular weight excluding hydrogens is 557 g/mol. The van der Waals surface area contributed by atoms with E-state index in [1.165, 1.54) is 12.6 Å². The fraction of sp³-hybridized carbons (Fsp3) is 0.303. The monoisotopic (exact) mass is 601 g/mol. The number of nitrogens with zero attached hydrogens (tertiary/aromatic N) is 3. The highest BCUT2D eigenvalue weighted by Crippen LogP contribution is 2.29. The summed E-state index contributed by atoms with van der Waals surface area (Å²) in [6.45, 7) is 16.5. The van der Waals surface area contributed by atoms with Crippen LogP contribution in [0.25, 0.3) is 5.57 Å². The number of rotatable bonds is 6. The number of unbranched alkanes of at least 4 members (excludes halogenated alkanes) is 1. The van der Waals surface area contributed by atoms with E-state index in [0.717, 1.165) is 48.3 Å². The predicted octanol–water partition coefficient (Wildman–Crippen LogP) is 9.90. The highest BCUT2D eigenvalue weighted by atomic mass is 35.5. The van der Waals surface area contributed by atoms with Gasteiger partial charge in [0.1, 0.15) is 12.0 Å². The molecule has 41 heavy (non-hydrogen) atoms.